The molecule has 1 spiro atoms. The minimum absolute atomic E-state index is 0.227. The summed E-state index contributed by atoms with van der Waals surface area (Å²) in [4.78, 5) is 18.0. The fourth-order valence-electron chi connectivity index (χ4n) is 3.54. The smallest absolute Gasteiger partial charge is 0.162 e. The van der Waals surface area contributed by atoms with Crippen molar-refractivity contribution < 1.29 is 4.79 Å². The predicted molar refractivity (Wildman–Crippen MR) is 89.3 cm³/mol. The molecule has 0 radical (unpaired) electrons. The third-order valence-electron chi connectivity index (χ3n) is 5.19. The van der Waals surface area contributed by atoms with Crippen LogP contribution in [-0.2, 0) is 11.2 Å². The van der Waals surface area contributed by atoms with Crippen molar-refractivity contribution in [2.75, 3.05) is 13.1 Å². The Bertz CT molecular complexity index is 657. The third kappa shape index (κ3) is 3.29. The van der Waals surface area contributed by atoms with Gasteiger partial charge in [0.1, 0.15) is 11.6 Å². The lowest BCUT2D eigenvalue weighted by atomic mass is 9.92. The minimum atomic E-state index is 0.227. The maximum absolute atomic E-state index is 11.4. The van der Waals surface area contributed by atoms with E-state index in [1.165, 1.54) is 25.7 Å². The van der Waals surface area contributed by atoms with Crippen LogP contribution in [0.4, 0.5) is 0 Å². The number of aryl methyl sites for hydroxylation is 1. The number of pyridine rings is 1. The van der Waals surface area contributed by atoms with Gasteiger partial charge in [0.05, 0.1) is 5.70 Å². The number of likely N-dealkylation sites (tertiary alicyclic amines) is 1. The van der Waals surface area contributed by atoms with Crippen LogP contribution in [0, 0.1) is 16.7 Å². The van der Waals surface area contributed by atoms with E-state index in [2.05, 4.69) is 22.9 Å². The Balaban J connectivity index is 1.93. The number of hydrogen-bond donors (Lipinski definition) is 0. The standard InChI is InChI=1S/C19H23N3O/c1-2-3-17-12-15(4-9-21-17)18(16(13-20)14-23)22-10-7-19(5-6-19)8-11-22/h4,9,12,14H,2-3,5-8,10-11H2,1H3/b18-16+. The van der Waals surface area contributed by atoms with Gasteiger partial charge in [0.25, 0.3) is 0 Å². The van der Waals surface area contributed by atoms with E-state index < -0.39 is 0 Å². The zero-order valence-corrected chi connectivity index (χ0v) is 13.7. The number of allylic oxidation sites excluding steroid dienone is 1. The first-order valence-electron chi connectivity index (χ1n) is 8.51. The molecule has 0 atom stereocenters. The van der Waals surface area contributed by atoms with E-state index in [0.717, 1.165) is 42.9 Å². The molecule has 3 rings (SSSR count). The molecule has 1 aromatic heterocycles. The third-order valence-corrected chi connectivity index (χ3v) is 5.19. The number of nitriles is 1. The van der Waals surface area contributed by atoms with Gasteiger partial charge in [-0.15, -0.1) is 0 Å². The van der Waals surface area contributed by atoms with Gasteiger partial charge in [-0.1, -0.05) is 13.3 Å². The molecular formula is C19H23N3O. The average Bonchev–Trinajstić information content (AvgIpc) is 3.33. The Hall–Kier alpha value is -2.15. The molecule has 1 saturated heterocycles. The van der Waals surface area contributed by atoms with Crippen LogP contribution in [0.15, 0.2) is 23.9 Å². The summed E-state index contributed by atoms with van der Waals surface area (Å²) >= 11 is 0. The van der Waals surface area contributed by atoms with E-state index in [4.69, 9.17) is 0 Å². The molecule has 0 amide bonds. The molecule has 4 nitrogen and oxygen atoms in total. The molecule has 0 aromatic carbocycles. The molecule has 2 heterocycles. The molecule has 0 bridgehead atoms. The normalized spacial score (nSPS) is 19.9. The Labute approximate surface area is 137 Å². The summed E-state index contributed by atoms with van der Waals surface area (Å²) in [7, 11) is 0. The Morgan fingerprint density at radius 2 is 2.13 bits per heavy atom. The summed E-state index contributed by atoms with van der Waals surface area (Å²) in [5, 5.41) is 9.39. The van der Waals surface area contributed by atoms with Crippen molar-refractivity contribution in [1.29, 1.82) is 5.26 Å². The van der Waals surface area contributed by atoms with Crippen LogP contribution in [-0.4, -0.2) is 29.3 Å². The second-order valence-electron chi connectivity index (χ2n) is 6.76. The predicted octanol–water partition coefficient (Wildman–Crippen LogP) is 3.34. The van der Waals surface area contributed by atoms with E-state index >= 15 is 0 Å². The summed E-state index contributed by atoms with van der Waals surface area (Å²) in [5.74, 6) is 0. The van der Waals surface area contributed by atoms with Gasteiger partial charge in [-0.2, -0.15) is 5.26 Å². The number of rotatable bonds is 5. The van der Waals surface area contributed by atoms with E-state index in [9.17, 15) is 10.1 Å². The van der Waals surface area contributed by atoms with E-state index in [1.807, 2.05) is 12.1 Å². The maximum atomic E-state index is 11.4. The zero-order valence-electron chi connectivity index (χ0n) is 13.7. The highest BCUT2D eigenvalue weighted by Gasteiger charge is 2.44. The van der Waals surface area contributed by atoms with Crippen molar-refractivity contribution >= 4 is 12.0 Å². The molecule has 0 unspecified atom stereocenters. The summed E-state index contributed by atoms with van der Waals surface area (Å²) in [6, 6.07) is 6.03. The van der Waals surface area contributed by atoms with Gasteiger partial charge >= 0.3 is 0 Å². The summed E-state index contributed by atoms with van der Waals surface area (Å²) in [6.07, 6.45) is 9.43. The van der Waals surface area contributed by atoms with Crippen molar-refractivity contribution in [1.82, 2.24) is 9.88 Å². The van der Waals surface area contributed by atoms with Gasteiger partial charge in [0.15, 0.2) is 6.29 Å². The molecule has 0 N–H and O–H groups in total. The molecule has 4 heteroatoms. The fourth-order valence-corrected chi connectivity index (χ4v) is 3.54. The number of aldehydes is 1. The number of carbonyl (C=O) groups is 1. The first kappa shape index (κ1) is 15.7. The molecule has 1 aliphatic heterocycles. The highest BCUT2D eigenvalue weighted by molar-refractivity contribution is 5.92. The Kier molecular flexibility index (Phi) is 4.47. The number of carbonyl (C=O) groups excluding carboxylic acids is 1. The van der Waals surface area contributed by atoms with E-state index in [0.29, 0.717) is 11.7 Å². The molecule has 2 fully saturated rings. The van der Waals surface area contributed by atoms with Crippen molar-refractivity contribution in [2.45, 2.75) is 45.4 Å². The Morgan fingerprint density at radius 1 is 1.39 bits per heavy atom. The van der Waals surface area contributed by atoms with Gasteiger partial charge in [0.2, 0.25) is 0 Å². The van der Waals surface area contributed by atoms with Crippen LogP contribution in [0.5, 0.6) is 0 Å². The van der Waals surface area contributed by atoms with Gasteiger partial charge < -0.3 is 4.90 Å². The highest BCUT2D eigenvalue weighted by Crippen LogP contribution is 2.54. The molecular weight excluding hydrogens is 286 g/mol. The molecule has 1 aliphatic carbocycles. The van der Waals surface area contributed by atoms with Gasteiger partial charge in [0, 0.05) is 30.5 Å². The van der Waals surface area contributed by atoms with Crippen LogP contribution in [0.1, 0.15) is 50.3 Å². The van der Waals surface area contributed by atoms with Crippen LogP contribution in [0.25, 0.3) is 5.70 Å². The molecule has 1 aromatic rings. The summed E-state index contributed by atoms with van der Waals surface area (Å²) in [5.41, 5.74) is 3.55. The highest BCUT2D eigenvalue weighted by atomic mass is 16.1. The average molecular weight is 309 g/mol. The van der Waals surface area contributed by atoms with Gasteiger partial charge in [-0.3, -0.25) is 9.78 Å². The quantitative estimate of drug-likeness (QED) is 0.475. The maximum Gasteiger partial charge on any atom is 0.162 e. The lowest BCUT2D eigenvalue weighted by Crippen LogP contribution is -2.34. The van der Waals surface area contributed by atoms with Crippen LogP contribution in [0.2, 0.25) is 0 Å². The molecule has 120 valence electrons. The molecule has 23 heavy (non-hydrogen) atoms. The van der Waals surface area contributed by atoms with Crippen LogP contribution in [0.3, 0.4) is 0 Å². The topological polar surface area (TPSA) is 57.0 Å². The largest absolute Gasteiger partial charge is 0.370 e. The lowest BCUT2D eigenvalue weighted by molar-refractivity contribution is -0.104. The van der Waals surface area contributed by atoms with E-state index in [1.54, 1.807) is 6.20 Å². The molecule has 2 aliphatic rings. The fraction of sp³-hybridized carbons (Fsp3) is 0.526. The summed E-state index contributed by atoms with van der Waals surface area (Å²) in [6.45, 7) is 3.98. The monoisotopic (exact) mass is 309 g/mol. The minimum Gasteiger partial charge on any atom is -0.370 e. The van der Waals surface area contributed by atoms with Gasteiger partial charge in [-0.05, 0) is 49.7 Å². The van der Waals surface area contributed by atoms with Crippen LogP contribution >= 0.6 is 0 Å². The first-order valence-corrected chi connectivity index (χ1v) is 8.51. The van der Waals surface area contributed by atoms with Crippen molar-refractivity contribution in [3.63, 3.8) is 0 Å². The molecule has 1 saturated carbocycles. The Morgan fingerprint density at radius 3 is 2.70 bits per heavy atom. The van der Waals surface area contributed by atoms with Gasteiger partial charge in [-0.25, -0.2) is 0 Å². The van der Waals surface area contributed by atoms with Crippen molar-refractivity contribution in [2.24, 2.45) is 5.41 Å². The number of nitrogens with zero attached hydrogens (tertiary/aromatic N) is 3. The number of piperidine rings is 1. The lowest BCUT2D eigenvalue weighted by Gasteiger charge is -2.35. The van der Waals surface area contributed by atoms with Crippen LogP contribution < -0.4 is 0 Å². The number of aromatic nitrogens is 1. The number of hydrogen-bond acceptors (Lipinski definition) is 4. The van der Waals surface area contributed by atoms with E-state index in [-0.39, 0.29) is 5.57 Å². The van der Waals surface area contributed by atoms with Crippen molar-refractivity contribution in [3.8, 4) is 6.07 Å². The second kappa shape index (κ2) is 6.54. The SMILES string of the molecule is CCCc1cc(/C(=C(/C#N)C=O)N2CCC3(CC2)CC3)ccn1. The van der Waals surface area contributed by atoms with Crippen molar-refractivity contribution in [3.05, 3.63) is 35.2 Å². The second-order valence-corrected chi connectivity index (χ2v) is 6.76. The zero-order chi connectivity index (χ0) is 16.3. The first-order chi connectivity index (χ1) is 11.2. The summed E-state index contributed by atoms with van der Waals surface area (Å²) < 4.78 is 0.